The Morgan fingerprint density at radius 2 is 1.47 bits per heavy atom. The molecule has 0 amide bonds. The molecule has 0 aromatic heterocycles. The minimum absolute atomic E-state index is 0.112. The van der Waals surface area contributed by atoms with Crippen LogP contribution in [-0.4, -0.2) is 18.5 Å². The van der Waals surface area contributed by atoms with Crippen LogP contribution in [0.3, 0.4) is 0 Å². The van der Waals surface area contributed by atoms with Crippen LogP contribution < -0.4 is 10.4 Å². The fourth-order valence-corrected chi connectivity index (χ4v) is 19.0. The van der Waals surface area contributed by atoms with Gasteiger partial charge >= 0.3 is 0 Å². The molecule has 18 rings (SSSR count). The number of unbranched alkanes of at least 4 members (excludes halogenated alkanes) is 9. The summed E-state index contributed by atoms with van der Waals surface area (Å²) in [5.74, 6) is 3.34. The van der Waals surface area contributed by atoms with Crippen molar-refractivity contribution in [2.75, 3.05) is 13.6 Å². The molecule has 9 unspecified atom stereocenters. The van der Waals surface area contributed by atoms with E-state index in [2.05, 4.69) is 104 Å². The Kier molecular flexibility index (Phi) is 5.37. The Balaban J connectivity index is 0.917. The van der Waals surface area contributed by atoms with E-state index in [0.717, 1.165) is 6.54 Å². The van der Waals surface area contributed by atoms with Gasteiger partial charge in [0.1, 0.15) is 0 Å². The quantitative estimate of drug-likeness (QED) is 0.0676. The molecule has 62 heavy (non-hydrogen) atoms. The highest BCUT2D eigenvalue weighted by atomic mass is 15.2. The van der Waals surface area contributed by atoms with Crippen LogP contribution in [0.2, 0.25) is 0 Å². The normalized spacial score (nSPS) is 33.2. The summed E-state index contributed by atoms with van der Waals surface area (Å²) < 4.78 is 0. The summed E-state index contributed by atoms with van der Waals surface area (Å²) in [4.78, 5) is 2.88. The van der Waals surface area contributed by atoms with E-state index >= 15 is 0 Å². The summed E-state index contributed by atoms with van der Waals surface area (Å²) in [5.41, 5.74) is 20.0. The maximum Gasteiger partial charge on any atom is 0.0568 e. The summed E-state index contributed by atoms with van der Waals surface area (Å²) >= 11 is 0. The van der Waals surface area contributed by atoms with Crippen molar-refractivity contribution in [1.29, 1.82) is 0 Å². The SMILES string of the molecule is CCCCCCCCCCCCc1cccc(C2N(C)CC34C5=C6C=CC7C8C6=C3c3c6c9c%10c%11c(ccc%12c%13ccc%14c%15c(c3c9c(c%11%12)c%15%13)C24C=%14C=C5)C2C=CC7C(C=68)C%102)c1. The average molecular weight is 798 g/mol. The molecule has 11 aliphatic rings. The van der Waals surface area contributed by atoms with Crippen molar-refractivity contribution in [3.05, 3.63) is 146 Å². The zero-order chi connectivity index (χ0) is 39.9. The van der Waals surface area contributed by atoms with Crippen LogP contribution in [-0.2, 0) is 11.8 Å². The number of likely N-dealkylation sites (tertiary alicyclic amines) is 1. The number of benzene rings is 5. The Labute approximate surface area is 362 Å². The summed E-state index contributed by atoms with van der Waals surface area (Å²) in [5, 5.41) is 19.6. The summed E-state index contributed by atoms with van der Waals surface area (Å²) in [6.45, 7) is 3.40. The predicted octanol–water partition coefficient (Wildman–Crippen LogP) is 12.9. The number of hydrogen-bond donors (Lipinski definition) is 0. The Bertz CT molecular complexity index is 3670. The summed E-state index contributed by atoms with van der Waals surface area (Å²) in [6.07, 6.45) is 31.3. The van der Waals surface area contributed by atoms with E-state index in [1.807, 2.05) is 5.57 Å². The zero-order valence-electron chi connectivity index (χ0n) is 36.1. The maximum absolute atomic E-state index is 2.88. The smallest absolute Gasteiger partial charge is 0.0568 e. The molecule has 300 valence electrons. The van der Waals surface area contributed by atoms with Crippen LogP contribution in [0.4, 0.5) is 0 Å². The summed E-state index contributed by atoms with van der Waals surface area (Å²) in [6, 6.07) is 20.7. The third-order valence-electron chi connectivity index (χ3n) is 20.4. The second-order valence-corrected chi connectivity index (χ2v) is 22.4. The van der Waals surface area contributed by atoms with Crippen LogP contribution >= 0.6 is 0 Å². The first kappa shape index (κ1) is 32.7. The summed E-state index contributed by atoms with van der Waals surface area (Å²) in [7, 11) is 2.52. The molecule has 0 bridgehead atoms. The lowest BCUT2D eigenvalue weighted by Crippen LogP contribution is -2.51. The average Bonchev–Trinajstić information content (AvgIpc) is 4.14. The number of hydrogen-bond acceptors (Lipinski definition) is 1. The highest BCUT2D eigenvalue weighted by Gasteiger charge is 2.76. The number of fused-ring (bicyclic) bond motifs is 3. The lowest BCUT2D eigenvalue weighted by molar-refractivity contribution is 0.278. The van der Waals surface area contributed by atoms with Gasteiger partial charge in [-0.3, -0.25) is 4.90 Å². The second-order valence-electron chi connectivity index (χ2n) is 22.4. The van der Waals surface area contributed by atoms with Crippen molar-refractivity contribution < 1.29 is 0 Å². The molecule has 1 saturated carbocycles. The number of allylic oxidation sites excluding steroid dienone is 8. The van der Waals surface area contributed by atoms with Crippen molar-refractivity contribution >= 4 is 70.6 Å². The first-order valence-corrected chi connectivity index (χ1v) is 25.1. The second kappa shape index (κ2) is 10.2. The molecule has 1 aliphatic heterocycles. The molecule has 0 radical (unpaired) electrons. The molecular weight excluding hydrogens is 747 g/mol. The third-order valence-corrected chi connectivity index (χ3v) is 20.4. The van der Waals surface area contributed by atoms with E-state index in [-0.39, 0.29) is 16.9 Å². The fraction of sp³-hybridized carbons (Fsp3) is 0.377. The Morgan fingerprint density at radius 3 is 2.34 bits per heavy atom. The first-order chi connectivity index (χ1) is 30.7. The van der Waals surface area contributed by atoms with Gasteiger partial charge in [-0.05, 0) is 169 Å². The van der Waals surface area contributed by atoms with Crippen molar-refractivity contribution in [3.8, 4) is 0 Å². The molecule has 2 fully saturated rings. The molecule has 1 heterocycles. The third kappa shape index (κ3) is 2.93. The minimum Gasteiger partial charge on any atom is -0.297 e. The fourth-order valence-electron chi connectivity index (χ4n) is 19.0. The maximum atomic E-state index is 2.88. The van der Waals surface area contributed by atoms with Crippen molar-refractivity contribution in [2.45, 2.75) is 101 Å². The lowest BCUT2D eigenvalue weighted by atomic mass is 9.46. The van der Waals surface area contributed by atoms with Gasteiger partial charge in [0, 0.05) is 30.3 Å². The Morgan fingerprint density at radius 1 is 0.677 bits per heavy atom. The number of aryl methyl sites for hydroxylation is 1. The molecule has 1 heteroatoms. The predicted molar refractivity (Wildman–Crippen MR) is 256 cm³/mol. The van der Waals surface area contributed by atoms with Gasteiger partial charge in [-0.1, -0.05) is 150 Å². The molecule has 10 aliphatic carbocycles. The van der Waals surface area contributed by atoms with E-state index in [1.165, 1.54) is 81.4 Å². The van der Waals surface area contributed by atoms with E-state index in [0.29, 0.717) is 35.5 Å². The molecule has 1 saturated heterocycles. The first-order valence-electron chi connectivity index (χ1n) is 25.1. The zero-order valence-corrected chi connectivity index (χ0v) is 36.1. The van der Waals surface area contributed by atoms with E-state index in [4.69, 9.17) is 0 Å². The molecule has 7 aromatic carbocycles. The largest absolute Gasteiger partial charge is 0.297 e. The molecule has 7 aromatic rings. The highest BCUT2D eigenvalue weighted by Crippen LogP contribution is 2.83. The number of likely N-dealkylation sites (N-methyl/N-ethyl adjacent to an activating group) is 1. The highest BCUT2D eigenvalue weighted by molar-refractivity contribution is 6.47. The van der Waals surface area contributed by atoms with Crippen molar-refractivity contribution in [3.63, 3.8) is 0 Å². The topological polar surface area (TPSA) is 3.24 Å². The van der Waals surface area contributed by atoms with Crippen molar-refractivity contribution in [2.24, 2.45) is 29.1 Å². The van der Waals surface area contributed by atoms with Gasteiger partial charge in [-0.15, -0.1) is 0 Å². The number of nitrogens with zero attached hydrogens (tertiary/aromatic N) is 1. The van der Waals surface area contributed by atoms with Gasteiger partial charge in [0.15, 0.2) is 0 Å². The van der Waals surface area contributed by atoms with Crippen LogP contribution in [0.5, 0.6) is 0 Å². The van der Waals surface area contributed by atoms with Gasteiger partial charge in [-0.25, -0.2) is 0 Å². The minimum atomic E-state index is -0.185. The lowest BCUT2D eigenvalue weighted by Gasteiger charge is -2.54. The molecule has 0 N–H and O–H groups in total. The van der Waals surface area contributed by atoms with Crippen LogP contribution in [0.25, 0.3) is 70.6 Å². The van der Waals surface area contributed by atoms with Gasteiger partial charge < -0.3 is 0 Å². The Hall–Kier alpha value is -4.98. The van der Waals surface area contributed by atoms with E-state index in [9.17, 15) is 0 Å². The molecular formula is C61H51N. The monoisotopic (exact) mass is 797 g/mol. The molecule has 9 atom stereocenters. The van der Waals surface area contributed by atoms with Gasteiger partial charge in [0.2, 0.25) is 0 Å². The van der Waals surface area contributed by atoms with Crippen LogP contribution in [0.1, 0.15) is 122 Å². The van der Waals surface area contributed by atoms with Gasteiger partial charge in [0.25, 0.3) is 0 Å². The molecule has 1 nitrogen and oxygen atoms in total. The van der Waals surface area contributed by atoms with Gasteiger partial charge in [-0.2, -0.15) is 0 Å². The van der Waals surface area contributed by atoms with Crippen LogP contribution in [0, 0.1) is 29.1 Å². The number of rotatable bonds is 12. The van der Waals surface area contributed by atoms with E-state index < -0.39 is 0 Å². The van der Waals surface area contributed by atoms with Crippen molar-refractivity contribution in [1.82, 2.24) is 4.90 Å². The standard InChI is InChI=1S/C61H51N/c1-3-4-5-6-7-8-9-10-11-12-14-29-15-13-16-30(27-29)59-61-40-26-25-39-37-23-21-35-33-19-17-31-32-18-20-34-36-22-24-38(40)48-46(36)51-44(34)42(32)49-41(31)43(33)50-45(35)47(37)57(60(39,61)28-62(59)2)55-53(50)52(49)54(51)56(55)58(48)61/h13,15-27,31,33,35,41,43,45,59H,3-12,14,28H2,1-2H3. The van der Waals surface area contributed by atoms with E-state index in [1.54, 1.807) is 115 Å². The van der Waals surface area contributed by atoms with Gasteiger partial charge in [0.05, 0.1) is 10.8 Å². The molecule has 2 spiro atoms. The van der Waals surface area contributed by atoms with Crippen LogP contribution in [0.15, 0.2) is 102 Å².